The van der Waals surface area contributed by atoms with Gasteiger partial charge in [0.25, 0.3) is 0 Å². The maximum atomic E-state index is 11.6. The molecule has 1 heterocycles. The fourth-order valence-corrected chi connectivity index (χ4v) is 2.05. The van der Waals surface area contributed by atoms with Crippen LogP contribution in [0.1, 0.15) is 40.5 Å². The van der Waals surface area contributed by atoms with Gasteiger partial charge >= 0.3 is 0 Å². The predicted molar refractivity (Wildman–Crippen MR) is 77.9 cm³/mol. The molecule has 1 fully saturated rings. The Hall–Kier alpha value is -0.850. The quantitative estimate of drug-likeness (QED) is 0.715. The lowest BCUT2D eigenvalue weighted by atomic mass is 10.0. The second kappa shape index (κ2) is 8.35. The van der Waals surface area contributed by atoms with Crippen molar-refractivity contribution < 1.29 is 9.53 Å². The van der Waals surface area contributed by atoms with Gasteiger partial charge in [-0.3, -0.25) is 9.69 Å². The van der Waals surface area contributed by atoms with Crippen molar-refractivity contribution in [3.8, 4) is 11.8 Å². The number of Topliss-reactive ketones (excluding diaryl/α,β-unsaturated/α-hetero) is 1. The van der Waals surface area contributed by atoms with Crippen molar-refractivity contribution >= 4 is 5.78 Å². The third kappa shape index (κ3) is 6.75. The van der Waals surface area contributed by atoms with Crippen molar-refractivity contribution in [2.75, 3.05) is 26.2 Å². The Bertz CT molecular complexity index is 338. The van der Waals surface area contributed by atoms with Crippen LogP contribution in [0, 0.1) is 23.7 Å². The normalized spacial score (nSPS) is 20.4. The summed E-state index contributed by atoms with van der Waals surface area (Å²) in [7, 11) is 0. The molecule has 0 N–H and O–H groups in total. The fourth-order valence-electron chi connectivity index (χ4n) is 2.05. The molecule has 0 amide bonds. The Morgan fingerprint density at radius 1 is 1.37 bits per heavy atom. The highest BCUT2D eigenvalue weighted by Gasteiger charge is 2.21. The molecule has 3 heteroatoms. The van der Waals surface area contributed by atoms with Gasteiger partial charge in [-0.05, 0) is 6.42 Å². The number of carbonyl (C=O) groups is 1. The summed E-state index contributed by atoms with van der Waals surface area (Å²) in [5.74, 6) is 7.30. The van der Waals surface area contributed by atoms with Crippen molar-refractivity contribution in [3.05, 3.63) is 0 Å². The third-order valence-electron chi connectivity index (χ3n) is 3.27. The van der Waals surface area contributed by atoms with Crippen LogP contribution in [0.2, 0.25) is 0 Å². The molecule has 108 valence electrons. The van der Waals surface area contributed by atoms with Crippen LogP contribution in [-0.2, 0) is 9.53 Å². The lowest BCUT2D eigenvalue weighted by Gasteiger charge is -2.31. The van der Waals surface area contributed by atoms with Crippen LogP contribution in [0.3, 0.4) is 0 Å². The molecule has 0 aromatic rings. The molecule has 0 aromatic heterocycles. The number of morpholine rings is 1. The molecule has 0 spiro atoms. The first-order valence-corrected chi connectivity index (χ1v) is 7.34. The van der Waals surface area contributed by atoms with Gasteiger partial charge in [0, 0.05) is 31.3 Å². The van der Waals surface area contributed by atoms with Crippen molar-refractivity contribution in [2.24, 2.45) is 11.8 Å². The largest absolute Gasteiger partial charge is 0.376 e. The smallest absolute Gasteiger partial charge is 0.135 e. The molecule has 0 bridgehead atoms. The standard InChI is InChI=1S/C16H27NO2/c1-13(2)6-5-9-17-10-11-19-15(12-17)7-8-16(18)14(3)4/h13-15H,7-12H2,1-4H3/t15-/m0/s1. The Morgan fingerprint density at radius 3 is 2.74 bits per heavy atom. The second-order valence-corrected chi connectivity index (χ2v) is 5.86. The molecular weight excluding hydrogens is 238 g/mol. The molecule has 1 atom stereocenters. The van der Waals surface area contributed by atoms with Crippen LogP contribution in [0.25, 0.3) is 0 Å². The first kappa shape index (κ1) is 16.2. The van der Waals surface area contributed by atoms with Crippen molar-refractivity contribution in [3.63, 3.8) is 0 Å². The van der Waals surface area contributed by atoms with Crippen LogP contribution in [0.5, 0.6) is 0 Å². The minimum Gasteiger partial charge on any atom is -0.376 e. The summed E-state index contributed by atoms with van der Waals surface area (Å²) >= 11 is 0. The van der Waals surface area contributed by atoms with E-state index in [0.717, 1.165) is 32.7 Å². The average molecular weight is 265 g/mol. The third-order valence-corrected chi connectivity index (χ3v) is 3.27. The lowest BCUT2D eigenvalue weighted by Crippen LogP contribution is -2.42. The summed E-state index contributed by atoms with van der Waals surface area (Å²) in [6.45, 7) is 11.5. The van der Waals surface area contributed by atoms with E-state index in [1.165, 1.54) is 0 Å². The van der Waals surface area contributed by atoms with E-state index < -0.39 is 0 Å². The molecule has 0 unspecified atom stereocenters. The maximum absolute atomic E-state index is 11.6. The summed E-state index contributed by atoms with van der Waals surface area (Å²) in [6, 6.07) is 0. The molecule has 1 aliphatic rings. The molecule has 19 heavy (non-hydrogen) atoms. The Labute approximate surface area is 117 Å². The number of ether oxygens (including phenoxy) is 1. The van der Waals surface area contributed by atoms with Gasteiger partial charge in [-0.2, -0.15) is 0 Å². The van der Waals surface area contributed by atoms with E-state index in [2.05, 4.69) is 30.6 Å². The monoisotopic (exact) mass is 265 g/mol. The first-order valence-electron chi connectivity index (χ1n) is 7.34. The van der Waals surface area contributed by atoms with Crippen molar-refractivity contribution in [1.29, 1.82) is 0 Å². The molecule has 1 saturated heterocycles. The van der Waals surface area contributed by atoms with E-state index >= 15 is 0 Å². The number of hydrogen-bond donors (Lipinski definition) is 0. The number of nitrogens with zero attached hydrogens (tertiary/aromatic N) is 1. The molecule has 1 rings (SSSR count). The predicted octanol–water partition coefficient (Wildman–Crippen LogP) is 2.35. The minimum atomic E-state index is 0.136. The van der Waals surface area contributed by atoms with Gasteiger partial charge in [0.15, 0.2) is 0 Å². The second-order valence-electron chi connectivity index (χ2n) is 5.86. The highest BCUT2D eigenvalue weighted by atomic mass is 16.5. The number of carbonyl (C=O) groups excluding carboxylic acids is 1. The summed E-state index contributed by atoms with van der Waals surface area (Å²) in [5, 5.41) is 0. The van der Waals surface area contributed by atoms with Gasteiger partial charge in [0.2, 0.25) is 0 Å². The molecular formula is C16H27NO2. The summed E-state index contributed by atoms with van der Waals surface area (Å²) in [4.78, 5) is 13.9. The Morgan fingerprint density at radius 2 is 2.11 bits per heavy atom. The van der Waals surface area contributed by atoms with E-state index in [1.54, 1.807) is 0 Å². The van der Waals surface area contributed by atoms with E-state index in [4.69, 9.17) is 4.74 Å². The molecule has 0 radical (unpaired) electrons. The van der Waals surface area contributed by atoms with Gasteiger partial charge in [-0.1, -0.05) is 39.5 Å². The zero-order valence-corrected chi connectivity index (χ0v) is 12.7. The fraction of sp³-hybridized carbons (Fsp3) is 0.812. The van der Waals surface area contributed by atoms with E-state index in [1.807, 2.05) is 13.8 Å². The molecule has 1 aliphatic heterocycles. The lowest BCUT2D eigenvalue weighted by molar-refractivity contribution is -0.123. The number of hydrogen-bond acceptors (Lipinski definition) is 3. The SMILES string of the molecule is CC(C)C#CCN1CCO[C@@H](CCC(=O)C(C)C)C1. The summed E-state index contributed by atoms with van der Waals surface area (Å²) in [6.07, 6.45) is 1.66. The van der Waals surface area contributed by atoms with Crippen LogP contribution in [-0.4, -0.2) is 43.0 Å². The molecule has 0 aliphatic carbocycles. The average Bonchev–Trinajstić information content (AvgIpc) is 2.36. The van der Waals surface area contributed by atoms with Gasteiger partial charge in [0.05, 0.1) is 19.3 Å². The van der Waals surface area contributed by atoms with E-state index in [9.17, 15) is 4.79 Å². The highest BCUT2D eigenvalue weighted by molar-refractivity contribution is 5.80. The first-order chi connectivity index (χ1) is 8.99. The topological polar surface area (TPSA) is 29.5 Å². The molecule has 0 saturated carbocycles. The Balaban J connectivity index is 2.30. The number of ketones is 1. The zero-order valence-electron chi connectivity index (χ0n) is 12.7. The van der Waals surface area contributed by atoms with Gasteiger partial charge in [-0.15, -0.1) is 0 Å². The zero-order chi connectivity index (χ0) is 14.3. The summed E-state index contributed by atoms with van der Waals surface area (Å²) < 4.78 is 5.72. The minimum absolute atomic E-state index is 0.136. The number of rotatable bonds is 5. The molecule has 3 nitrogen and oxygen atoms in total. The van der Waals surface area contributed by atoms with Crippen LogP contribution in [0.4, 0.5) is 0 Å². The van der Waals surface area contributed by atoms with Crippen LogP contribution < -0.4 is 0 Å². The van der Waals surface area contributed by atoms with E-state index in [0.29, 0.717) is 18.1 Å². The van der Waals surface area contributed by atoms with Crippen molar-refractivity contribution in [2.45, 2.75) is 46.6 Å². The van der Waals surface area contributed by atoms with Gasteiger partial charge < -0.3 is 4.74 Å². The van der Waals surface area contributed by atoms with Crippen molar-refractivity contribution in [1.82, 2.24) is 4.90 Å². The van der Waals surface area contributed by atoms with E-state index in [-0.39, 0.29) is 12.0 Å². The highest BCUT2D eigenvalue weighted by Crippen LogP contribution is 2.12. The Kier molecular flexibility index (Phi) is 7.12. The summed E-state index contributed by atoms with van der Waals surface area (Å²) in [5.41, 5.74) is 0. The molecule has 0 aromatic carbocycles. The van der Waals surface area contributed by atoms with Crippen LogP contribution in [0.15, 0.2) is 0 Å². The maximum Gasteiger partial charge on any atom is 0.135 e. The van der Waals surface area contributed by atoms with Gasteiger partial charge in [0.1, 0.15) is 5.78 Å². The van der Waals surface area contributed by atoms with Gasteiger partial charge in [-0.25, -0.2) is 0 Å². The van der Waals surface area contributed by atoms with Crippen LogP contribution >= 0.6 is 0 Å².